The Bertz CT molecular complexity index is 870. The average Bonchev–Trinajstić information content (AvgIpc) is 3.17. The number of aromatic nitrogens is 1. The van der Waals surface area contributed by atoms with Gasteiger partial charge in [-0.1, -0.05) is 12.1 Å². The SMILES string of the molecule is COc1cc(-c2sncc2-c2ccc(SC)cc2)cc2c1OCCC2. The molecule has 2 heterocycles. The minimum absolute atomic E-state index is 0.760. The van der Waals surface area contributed by atoms with Gasteiger partial charge in [0.1, 0.15) is 0 Å². The van der Waals surface area contributed by atoms with Gasteiger partial charge in [0.05, 0.1) is 18.6 Å². The number of thioether (sulfide) groups is 1. The highest BCUT2D eigenvalue weighted by Gasteiger charge is 2.20. The zero-order chi connectivity index (χ0) is 17.2. The summed E-state index contributed by atoms with van der Waals surface area (Å²) in [5.74, 6) is 1.71. The van der Waals surface area contributed by atoms with Crippen LogP contribution < -0.4 is 9.47 Å². The quantitative estimate of drug-likeness (QED) is 0.566. The fourth-order valence-electron chi connectivity index (χ4n) is 3.15. The second-order valence-electron chi connectivity index (χ2n) is 5.92. The first-order chi connectivity index (χ1) is 12.3. The number of benzene rings is 2. The van der Waals surface area contributed by atoms with E-state index in [2.05, 4.69) is 47.0 Å². The molecular formula is C20H19NO2S2. The van der Waals surface area contributed by atoms with Gasteiger partial charge in [-0.2, -0.15) is 4.37 Å². The molecule has 0 aliphatic carbocycles. The highest BCUT2D eigenvalue weighted by Crippen LogP contribution is 2.43. The van der Waals surface area contributed by atoms with Gasteiger partial charge in [-0.25, -0.2) is 0 Å². The molecule has 0 bridgehead atoms. The van der Waals surface area contributed by atoms with Gasteiger partial charge in [0.15, 0.2) is 11.5 Å². The van der Waals surface area contributed by atoms with Crippen LogP contribution in [0.25, 0.3) is 21.6 Å². The number of hydrogen-bond donors (Lipinski definition) is 0. The molecule has 0 unspecified atom stereocenters. The number of methoxy groups -OCH3 is 1. The topological polar surface area (TPSA) is 31.4 Å². The zero-order valence-corrected chi connectivity index (χ0v) is 15.9. The Labute approximate surface area is 156 Å². The third-order valence-electron chi connectivity index (χ3n) is 4.42. The molecule has 0 saturated heterocycles. The summed E-state index contributed by atoms with van der Waals surface area (Å²) in [4.78, 5) is 2.43. The van der Waals surface area contributed by atoms with E-state index in [1.165, 1.54) is 32.4 Å². The number of nitrogens with zero attached hydrogens (tertiary/aromatic N) is 1. The Morgan fingerprint density at radius 3 is 2.76 bits per heavy atom. The van der Waals surface area contributed by atoms with E-state index in [0.29, 0.717) is 0 Å². The Hall–Kier alpha value is -1.98. The molecule has 25 heavy (non-hydrogen) atoms. The standard InChI is InChI=1S/C20H19NO2S2/c1-22-18-11-15(10-14-4-3-9-23-19(14)18)20-17(12-21-25-20)13-5-7-16(24-2)8-6-13/h5-8,10-12H,3-4,9H2,1-2H3. The zero-order valence-electron chi connectivity index (χ0n) is 14.2. The van der Waals surface area contributed by atoms with Crippen molar-refractivity contribution in [3.8, 4) is 33.1 Å². The Kier molecular flexibility index (Phi) is 4.68. The van der Waals surface area contributed by atoms with Gasteiger partial charge in [0, 0.05) is 16.7 Å². The van der Waals surface area contributed by atoms with Crippen molar-refractivity contribution in [1.29, 1.82) is 0 Å². The molecule has 0 amide bonds. The molecule has 0 fully saturated rings. The van der Waals surface area contributed by atoms with Gasteiger partial charge in [-0.3, -0.25) is 0 Å². The minimum atomic E-state index is 0.760. The lowest BCUT2D eigenvalue weighted by atomic mass is 9.98. The molecule has 2 aromatic carbocycles. The van der Waals surface area contributed by atoms with Crippen molar-refractivity contribution in [3.05, 3.63) is 48.2 Å². The monoisotopic (exact) mass is 369 g/mol. The van der Waals surface area contributed by atoms with E-state index in [1.54, 1.807) is 18.9 Å². The molecule has 0 N–H and O–H groups in total. The predicted molar refractivity (Wildman–Crippen MR) is 105 cm³/mol. The van der Waals surface area contributed by atoms with Crippen molar-refractivity contribution in [1.82, 2.24) is 4.37 Å². The Morgan fingerprint density at radius 2 is 2.00 bits per heavy atom. The smallest absolute Gasteiger partial charge is 0.164 e. The van der Waals surface area contributed by atoms with Gasteiger partial charge in [0.25, 0.3) is 0 Å². The van der Waals surface area contributed by atoms with Gasteiger partial charge < -0.3 is 9.47 Å². The summed E-state index contributed by atoms with van der Waals surface area (Å²) in [6.07, 6.45) is 6.12. The van der Waals surface area contributed by atoms with E-state index in [9.17, 15) is 0 Å². The Balaban J connectivity index is 1.79. The summed E-state index contributed by atoms with van der Waals surface area (Å²) in [6.45, 7) is 0.760. The van der Waals surface area contributed by atoms with Crippen LogP contribution in [0.2, 0.25) is 0 Å². The highest BCUT2D eigenvalue weighted by molar-refractivity contribution is 7.98. The lowest BCUT2D eigenvalue weighted by Gasteiger charge is -2.21. The van der Waals surface area contributed by atoms with Crippen LogP contribution >= 0.6 is 23.3 Å². The summed E-state index contributed by atoms with van der Waals surface area (Å²) < 4.78 is 15.9. The first-order valence-corrected chi connectivity index (χ1v) is 10.2. The fraction of sp³-hybridized carbons (Fsp3) is 0.250. The molecular weight excluding hydrogens is 350 g/mol. The van der Waals surface area contributed by atoms with Gasteiger partial charge in [-0.15, -0.1) is 11.8 Å². The van der Waals surface area contributed by atoms with Crippen LogP contribution in [0.4, 0.5) is 0 Å². The van der Waals surface area contributed by atoms with Crippen molar-refractivity contribution in [2.24, 2.45) is 0 Å². The summed E-state index contributed by atoms with van der Waals surface area (Å²) in [7, 11) is 1.70. The van der Waals surface area contributed by atoms with E-state index in [-0.39, 0.29) is 0 Å². The molecule has 3 nitrogen and oxygen atoms in total. The first-order valence-electron chi connectivity index (χ1n) is 8.23. The molecule has 1 aromatic heterocycles. The van der Waals surface area contributed by atoms with E-state index in [1.807, 2.05) is 6.20 Å². The first kappa shape index (κ1) is 16.5. The summed E-state index contributed by atoms with van der Waals surface area (Å²) in [5.41, 5.74) is 4.72. The second-order valence-corrected chi connectivity index (χ2v) is 7.60. The van der Waals surface area contributed by atoms with Crippen LogP contribution in [0.15, 0.2) is 47.5 Å². The summed E-state index contributed by atoms with van der Waals surface area (Å²) in [6, 6.07) is 12.9. The van der Waals surface area contributed by atoms with Crippen LogP contribution in [0.1, 0.15) is 12.0 Å². The lowest BCUT2D eigenvalue weighted by Crippen LogP contribution is -2.09. The van der Waals surface area contributed by atoms with Crippen LogP contribution in [-0.2, 0) is 6.42 Å². The lowest BCUT2D eigenvalue weighted by molar-refractivity contribution is 0.269. The molecule has 128 valence electrons. The molecule has 0 saturated carbocycles. The predicted octanol–water partition coefficient (Wildman–Crippen LogP) is 5.53. The number of aryl methyl sites for hydroxylation is 1. The summed E-state index contributed by atoms with van der Waals surface area (Å²) in [5, 5.41) is 0. The molecule has 0 spiro atoms. The molecule has 5 heteroatoms. The van der Waals surface area contributed by atoms with E-state index in [4.69, 9.17) is 9.47 Å². The maximum Gasteiger partial charge on any atom is 0.164 e. The third kappa shape index (κ3) is 3.14. The highest BCUT2D eigenvalue weighted by atomic mass is 32.2. The number of ether oxygens (including phenoxy) is 2. The van der Waals surface area contributed by atoms with Crippen molar-refractivity contribution in [3.63, 3.8) is 0 Å². The number of rotatable bonds is 4. The normalized spacial score (nSPS) is 13.2. The van der Waals surface area contributed by atoms with Crippen LogP contribution in [0.3, 0.4) is 0 Å². The maximum atomic E-state index is 5.82. The third-order valence-corrected chi connectivity index (χ3v) is 6.01. The van der Waals surface area contributed by atoms with Crippen LogP contribution in [0, 0.1) is 0 Å². The van der Waals surface area contributed by atoms with E-state index >= 15 is 0 Å². The maximum absolute atomic E-state index is 5.82. The average molecular weight is 370 g/mol. The fourth-order valence-corrected chi connectivity index (χ4v) is 4.32. The second kappa shape index (κ2) is 7.10. The van der Waals surface area contributed by atoms with Crippen molar-refractivity contribution >= 4 is 23.3 Å². The van der Waals surface area contributed by atoms with Crippen molar-refractivity contribution in [2.75, 3.05) is 20.0 Å². The van der Waals surface area contributed by atoms with Crippen molar-refractivity contribution in [2.45, 2.75) is 17.7 Å². The van der Waals surface area contributed by atoms with Crippen LogP contribution in [-0.4, -0.2) is 24.3 Å². The molecule has 3 aromatic rings. The number of fused-ring (bicyclic) bond motifs is 1. The van der Waals surface area contributed by atoms with Gasteiger partial charge in [-0.05, 0) is 71.6 Å². The molecule has 1 aliphatic rings. The Morgan fingerprint density at radius 1 is 1.16 bits per heavy atom. The molecule has 0 radical (unpaired) electrons. The summed E-state index contributed by atoms with van der Waals surface area (Å²) >= 11 is 3.28. The molecule has 0 atom stereocenters. The van der Waals surface area contributed by atoms with Gasteiger partial charge >= 0.3 is 0 Å². The van der Waals surface area contributed by atoms with E-state index < -0.39 is 0 Å². The van der Waals surface area contributed by atoms with Crippen molar-refractivity contribution < 1.29 is 9.47 Å². The van der Waals surface area contributed by atoms with Gasteiger partial charge in [0.2, 0.25) is 0 Å². The molecule has 1 aliphatic heterocycles. The van der Waals surface area contributed by atoms with E-state index in [0.717, 1.165) is 42.1 Å². The van der Waals surface area contributed by atoms with Crippen LogP contribution in [0.5, 0.6) is 11.5 Å². The minimum Gasteiger partial charge on any atom is -0.493 e. The number of hydrogen-bond acceptors (Lipinski definition) is 5. The molecule has 4 rings (SSSR count). The largest absolute Gasteiger partial charge is 0.493 e.